The van der Waals surface area contributed by atoms with E-state index >= 15 is 0 Å². The van der Waals surface area contributed by atoms with E-state index in [1.165, 1.54) is 0 Å². The summed E-state index contributed by atoms with van der Waals surface area (Å²) >= 11 is 0. The predicted octanol–water partition coefficient (Wildman–Crippen LogP) is 8.86. The van der Waals surface area contributed by atoms with Crippen LogP contribution in [0.25, 0.3) is 21.9 Å². The van der Waals surface area contributed by atoms with Crippen molar-refractivity contribution in [3.8, 4) is 11.1 Å². The second-order valence-corrected chi connectivity index (χ2v) is 18.2. The molecule has 4 aromatic rings. The minimum Gasteiger partial charge on any atom is -0.464 e. The molecular formula is C50H61N5O9. The lowest BCUT2D eigenvalue weighted by atomic mass is 9.82. The van der Waals surface area contributed by atoms with Gasteiger partial charge in [-0.05, 0) is 112 Å². The first-order chi connectivity index (χ1) is 30.5. The lowest BCUT2D eigenvalue weighted by Crippen LogP contribution is -2.56. The fourth-order valence-electron chi connectivity index (χ4n) is 8.43. The van der Waals surface area contributed by atoms with Crippen LogP contribution in [-0.2, 0) is 28.5 Å². The summed E-state index contributed by atoms with van der Waals surface area (Å²) < 4.78 is 22.3. The lowest BCUT2D eigenvalue weighted by molar-refractivity contribution is -0.149. The SMILES string of the molecule is CCOC(=O)C1NC(=O)C(NC(=O)OCC2c3ccccc3-c3ccccc32)C(c2ccc3ccccc3c2)CCCCC1CCN=C(NC(=O)OC(C)(C)C)NC(=O)OC(C)(C)C. The quantitative estimate of drug-likeness (QED) is 0.0553. The number of carbonyl (C=O) groups excluding carboxylic acids is 5. The molecule has 1 aliphatic heterocycles. The van der Waals surface area contributed by atoms with Crippen LogP contribution in [-0.4, -0.2) is 79.2 Å². The van der Waals surface area contributed by atoms with Gasteiger partial charge in [-0.3, -0.25) is 20.4 Å². The van der Waals surface area contributed by atoms with Gasteiger partial charge in [-0.1, -0.05) is 104 Å². The summed E-state index contributed by atoms with van der Waals surface area (Å²) in [7, 11) is 0. The number of nitrogens with one attached hydrogen (secondary N) is 4. The molecule has 2 aliphatic rings. The number of aliphatic imine (C=N–C) groups is 1. The van der Waals surface area contributed by atoms with Crippen molar-refractivity contribution in [2.45, 2.75) is 116 Å². The Morgan fingerprint density at radius 1 is 0.719 bits per heavy atom. The van der Waals surface area contributed by atoms with Crippen LogP contribution in [0.3, 0.4) is 0 Å². The third-order valence-corrected chi connectivity index (χ3v) is 11.2. The number of guanidine groups is 1. The number of benzene rings is 4. The van der Waals surface area contributed by atoms with Gasteiger partial charge < -0.3 is 29.6 Å². The normalized spacial score (nSPS) is 18.9. The van der Waals surface area contributed by atoms with Gasteiger partial charge in [-0.2, -0.15) is 0 Å². The molecule has 340 valence electrons. The second kappa shape index (κ2) is 20.8. The number of nitrogens with zero attached hydrogens (tertiary/aromatic N) is 1. The average Bonchev–Trinajstić information content (AvgIpc) is 3.55. The minimum absolute atomic E-state index is 0.0263. The van der Waals surface area contributed by atoms with Crippen molar-refractivity contribution in [3.05, 3.63) is 108 Å². The van der Waals surface area contributed by atoms with E-state index in [-0.39, 0.29) is 38.1 Å². The zero-order valence-electron chi connectivity index (χ0n) is 37.8. The topological polar surface area (TPSA) is 183 Å². The van der Waals surface area contributed by atoms with E-state index in [0.717, 1.165) is 38.6 Å². The summed E-state index contributed by atoms with van der Waals surface area (Å²) in [5.74, 6) is -2.56. The fourth-order valence-corrected chi connectivity index (χ4v) is 8.43. The summed E-state index contributed by atoms with van der Waals surface area (Å²) in [4.78, 5) is 72.6. The molecule has 0 radical (unpaired) electrons. The van der Waals surface area contributed by atoms with E-state index in [4.69, 9.17) is 18.9 Å². The largest absolute Gasteiger partial charge is 0.464 e. The van der Waals surface area contributed by atoms with Crippen LogP contribution in [0.15, 0.2) is 96.0 Å². The molecular weight excluding hydrogens is 815 g/mol. The maximum atomic E-state index is 14.8. The number of ether oxygens (including phenoxy) is 4. The maximum absolute atomic E-state index is 14.8. The molecule has 1 saturated heterocycles. The Kier molecular flexibility index (Phi) is 15.3. The second-order valence-electron chi connectivity index (χ2n) is 18.2. The van der Waals surface area contributed by atoms with Crippen molar-refractivity contribution in [1.29, 1.82) is 0 Å². The molecule has 1 heterocycles. The van der Waals surface area contributed by atoms with E-state index in [1.54, 1.807) is 48.5 Å². The van der Waals surface area contributed by atoms with E-state index in [1.807, 2.05) is 78.9 Å². The van der Waals surface area contributed by atoms with Gasteiger partial charge >= 0.3 is 24.2 Å². The first kappa shape index (κ1) is 47.0. The molecule has 14 heteroatoms. The molecule has 14 nitrogen and oxygen atoms in total. The van der Waals surface area contributed by atoms with Crippen LogP contribution in [0.4, 0.5) is 14.4 Å². The number of rotatable bonds is 9. The van der Waals surface area contributed by atoms with Crippen molar-refractivity contribution >= 4 is 46.9 Å². The van der Waals surface area contributed by atoms with Crippen LogP contribution < -0.4 is 21.3 Å². The molecule has 4 unspecified atom stereocenters. The molecule has 4 aromatic carbocycles. The van der Waals surface area contributed by atoms with Crippen LogP contribution in [0.1, 0.15) is 109 Å². The van der Waals surface area contributed by atoms with Crippen molar-refractivity contribution in [3.63, 3.8) is 0 Å². The molecule has 0 spiro atoms. The molecule has 0 saturated carbocycles. The number of alkyl carbamates (subject to hydrolysis) is 3. The standard InChI is InChI=1S/C50H61N5O9/c1-8-61-44(57)41-32(27-28-51-45(54-47(59)63-49(2,3)4)55-48(60)64-50(5,6)7)18-11-12-20-35(34-26-25-31-17-9-10-19-33(31)29-34)42(43(56)52-41)53-46(58)62-30-40-38-23-15-13-21-36(38)37-22-14-16-24-39(37)40/h9-10,13-17,19,21-26,29,32,35,40-42H,8,11-12,18,20,27-28,30H2,1-7H3,(H,52,56)(H,53,58)(H2,51,54,55,59,60). The number of carbonyl (C=O) groups is 5. The van der Waals surface area contributed by atoms with Crippen LogP contribution >= 0.6 is 0 Å². The van der Waals surface area contributed by atoms with Crippen LogP contribution in [0, 0.1) is 5.92 Å². The van der Waals surface area contributed by atoms with Gasteiger partial charge in [0.1, 0.15) is 29.9 Å². The molecule has 64 heavy (non-hydrogen) atoms. The number of amides is 4. The first-order valence-corrected chi connectivity index (χ1v) is 22.1. The number of esters is 1. The van der Waals surface area contributed by atoms with Crippen molar-refractivity contribution in [2.75, 3.05) is 19.8 Å². The Morgan fingerprint density at radius 2 is 1.30 bits per heavy atom. The zero-order chi connectivity index (χ0) is 46.0. The summed E-state index contributed by atoms with van der Waals surface area (Å²) in [6.45, 7) is 12.1. The highest BCUT2D eigenvalue weighted by atomic mass is 16.6. The Balaban J connectivity index is 1.26. The highest BCUT2D eigenvalue weighted by molar-refractivity contribution is 6.01. The molecule has 0 aromatic heterocycles. The van der Waals surface area contributed by atoms with Crippen LogP contribution in [0.2, 0.25) is 0 Å². The molecule has 4 atom stereocenters. The molecule has 4 N–H and O–H groups in total. The van der Waals surface area contributed by atoms with Gasteiger partial charge in [0.2, 0.25) is 11.9 Å². The van der Waals surface area contributed by atoms with E-state index in [2.05, 4.69) is 38.4 Å². The average molecular weight is 876 g/mol. The summed E-state index contributed by atoms with van der Waals surface area (Å²) in [6.07, 6.45) is 0.197. The third kappa shape index (κ3) is 12.6. The monoisotopic (exact) mass is 875 g/mol. The smallest absolute Gasteiger partial charge is 0.414 e. The van der Waals surface area contributed by atoms with Gasteiger partial charge in [0.15, 0.2) is 0 Å². The predicted molar refractivity (Wildman–Crippen MR) is 245 cm³/mol. The van der Waals surface area contributed by atoms with Gasteiger partial charge in [-0.15, -0.1) is 0 Å². The van der Waals surface area contributed by atoms with Crippen molar-refractivity contribution < 1.29 is 42.9 Å². The Hall–Kier alpha value is -6.44. The molecule has 4 amide bonds. The van der Waals surface area contributed by atoms with Crippen LogP contribution in [0.5, 0.6) is 0 Å². The van der Waals surface area contributed by atoms with Gasteiger partial charge in [-0.25, -0.2) is 19.2 Å². The minimum atomic E-state index is -1.13. The summed E-state index contributed by atoms with van der Waals surface area (Å²) in [5, 5.41) is 12.9. The van der Waals surface area contributed by atoms with Gasteiger partial charge in [0, 0.05) is 18.4 Å². The third-order valence-electron chi connectivity index (χ3n) is 11.2. The summed E-state index contributed by atoms with van der Waals surface area (Å²) in [5.41, 5.74) is 3.51. The lowest BCUT2D eigenvalue weighted by Gasteiger charge is -2.33. The highest BCUT2D eigenvalue weighted by Gasteiger charge is 2.39. The molecule has 6 rings (SSSR count). The van der Waals surface area contributed by atoms with Gasteiger partial charge in [0.25, 0.3) is 0 Å². The van der Waals surface area contributed by atoms with Crippen molar-refractivity contribution in [2.24, 2.45) is 10.9 Å². The number of hydrogen-bond acceptors (Lipinski definition) is 10. The van der Waals surface area contributed by atoms with E-state index in [9.17, 15) is 24.0 Å². The Bertz CT molecular complexity index is 2270. The zero-order valence-corrected chi connectivity index (χ0v) is 37.8. The Labute approximate surface area is 375 Å². The Morgan fingerprint density at radius 3 is 1.91 bits per heavy atom. The highest BCUT2D eigenvalue weighted by Crippen LogP contribution is 2.44. The maximum Gasteiger partial charge on any atom is 0.414 e. The summed E-state index contributed by atoms with van der Waals surface area (Å²) in [6, 6.07) is 27.9. The van der Waals surface area contributed by atoms with Crippen molar-refractivity contribution in [1.82, 2.24) is 21.3 Å². The number of hydrogen-bond donors (Lipinski definition) is 4. The molecule has 1 aliphatic carbocycles. The number of fused-ring (bicyclic) bond motifs is 4. The van der Waals surface area contributed by atoms with E-state index < -0.39 is 65.3 Å². The van der Waals surface area contributed by atoms with Gasteiger partial charge in [0.05, 0.1) is 6.61 Å². The first-order valence-electron chi connectivity index (χ1n) is 22.1. The fraction of sp³-hybridized carbons (Fsp3) is 0.440. The molecule has 0 bridgehead atoms. The molecule has 1 fully saturated rings. The van der Waals surface area contributed by atoms with E-state index in [0.29, 0.717) is 25.7 Å².